The summed E-state index contributed by atoms with van der Waals surface area (Å²) in [7, 11) is 1.91. The largest absolute Gasteiger partial charge is 0.353 e. The molecule has 0 saturated carbocycles. The molecule has 5 nitrogen and oxygen atoms in total. The fourth-order valence-corrected chi connectivity index (χ4v) is 4.16. The number of fused-ring (bicyclic) bond motifs is 2. The number of rotatable bonds is 3. The molecular weight excluding hydrogens is 389 g/mol. The van der Waals surface area contributed by atoms with Gasteiger partial charge in [-0.3, -0.25) is 9.78 Å². The first-order chi connectivity index (χ1) is 15.2. The lowest BCUT2D eigenvalue weighted by Crippen LogP contribution is -1.84. The Kier molecular flexibility index (Phi) is 3.80. The summed E-state index contributed by atoms with van der Waals surface area (Å²) in [5, 5.41) is 14.0. The van der Waals surface area contributed by atoms with Gasteiger partial charge in [-0.1, -0.05) is 30.3 Å². The van der Waals surface area contributed by atoms with Gasteiger partial charge < -0.3 is 4.98 Å². The van der Waals surface area contributed by atoms with E-state index in [9.17, 15) is 4.39 Å². The van der Waals surface area contributed by atoms with E-state index in [4.69, 9.17) is 0 Å². The van der Waals surface area contributed by atoms with Crippen LogP contribution in [0.2, 0.25) is 0 Å². The third-order valence-corrected chi connectivity index (χ3v) is 5.66. The Balaban J connectivity index is 1.51. The fraction of sp³-hybridized carbons (Fsp3) is 0.0400. The molecule has 150 valence electrons. The third kappa shape index (κ3) is 2.92. The van der Waals surface area contributed by atoms with Crippen LogP contribution in [0.25, 0.3) is 55.4 Å². The van der Waals surface area contributed by atoms with Crippen molar-refractivity contribution < 1.29 is 4.39 Å². The van der Waals surface area contributed by atoms with Gasteiger partial charge in [0.05, 0.1) is 17.4 Å². The molecular formula is C25H18FN5. The molecule has 0 spiro atoms. The van der Waals surface area contributed by atoms with Crippen molar-refractivity contribution in [1.82, 2.24) is 25.0 Å². The van der Waals surface area contributed by atoms with Crippen molar-refractivity contribution in [2.45, 2.75) is 0 Å². The van der Waals surface area contributed by atoms with Crippen molar-refractivity contribution in [3.05, 3.63) is 84.9 Å². The first-order valence-corrected chi connectivity index (χ1v) is 10.0. The van der Waals surface area contributed by atoms with Crippen molar-refractivity contribution in [2.24, 2.45) is 7.05 Å². The minimum atomic E-state index is -0.244. The van der Waals surface area contributed by atoms with Crippen LogP contribution in [0.3, 0.4) is 0 Å². The average molecular weight is 407 g/mol. The van der Waals surface area contributed by atoms with Crippen molar-refractivity contribution in [3.63, 3.8) is 0 Å². The Hall–Kier alpha value is -4.19. The number of hydrogen-bond acceptors (Lipinski definition) is 2. The first-order valence-electron chi connectivity index (χ1n) is 10.0. The van der Waals surface area contributed by atoms with E-state index in [-0.39, 0.29) is 5.82 Å². The Morgan fingerprint density at radius 3 is 2.58 bits per heavy atom. The van der Waals surface area contributed by atoms with Gasteiger partial charge in [0.25, 0.3) is 0 Å². The monoisotopic (exact) mass is 407 g/mol. The molecule has 0 unspecified atom stereocenters. The summed E-state index contributed by atoms with van der Waals surface area (Å²) in [5.74, 6) is -0.244. The zero-order chi connectivity index (χ0) is 20.9. The maximum Gasteiger partial charge on any atom is 0.123 e. The van der Waals surface area contributed by atoms with E-state index in [0.717, 1.165) is 55.4 Å². The predicted molar refractivity (Wildman–Crippen MR) is 121 cm³/mol. The number of H-pyrrole nitrogens is 2. The highest BCUT2D eigenvalue weighted by atomic mass is 19.1. The van der Waals surface area contributed by atoms with E-state index in [2.05, 4.69) is 38.5 Å². The van der Waals surface area contributed by atoms with Gasteiger partial charge in [0.15, 0.2) is 0 Å². The molecule has 0 atom stereocenters. The highest BCUT2D eigenvalue weighted by Gasteiger charge is 2.14. The van der Waals surface area contributed by atoms with Crippen LogP contribution < -0.4 is 0 Å². The van der Waals surface area contributed by atoms with E-state index in [1.165, 1.54) is 6.07 Å². The zero-order valence-corrected chi connectivity index (χ0v) is 16.7. The van der Waals surface area contributed by atoms with Gasteiger partial charge in [0.2, 0.25) is 0 Å². The Morgan fingerprint density at radius 1 is 0.839 bits per heavy atom. The van der Waals surface area contributed by atoms with Crippen LogP contribution in [0.4, 0.5) is 4.39 Å². The summed E-state index contributed by atoms with van der Waals surface area (Å²) in [5.41, 5.74) is 7.68. The maximum absolute atomic E-state index is 13.8. The lowest BCUT2D eigenvalue weighted by Gasteiger charge is -2.03. The minimum Gasteiger partial charge on any atom is -0.353 e. The molecule has 6 rings (SSSR count). The number of nitrogens with zero attached hydrogens (tertiary/aromatic N) is 3. The first kappa shape index (κ1) is 17.7. The van der Waals surface area contributed by atoms with Crippen LogP contribution in [0.15, 0.2) is 79.1 Å². The predicted octanol–water partition coefficient (Wildman–Crippen LogP) is 5.92. The SMILES string of the molecule is Cn1cc(-c2ccc3[nH]nc(-c4cc5c(-c6cccc(F)c6)cccc5[nH]4)c3c2)cn1. The van der Waals surface area contributed by atoms with E-state index < -0.39 is 0 Å². The van der Waals surface area contributed by atoms with E-state index in [1.54, 1.807) is 16.8 Å². The fourth-order valence-electron chi connectivity index (χ4n) is 4.16. The van der Waals surface area contributed by atoms with Crippen LogP contribution in [0.5, 0.6) is 0 Å². The normalized spacial score (nSPS) is 11.5. The second-order valence-electron chi connectivity index (χ2n) is 7.70. The third-order valence-electron chi connectivity index (χ3n) is 5.66. The van der Waals surface area contributed by atoms with Crippen LogP contribution in [-0.2, 0) is 7.05 Å². The molecule has 0 aliphatic heterocycles. The number of hydrogen-bond donors (Lipinski definition) is 2. The van der Waals surface area contributed by atoms with Gasteiger partial charge in [-0.05, 0) is 53.1 Å². The van der Waals surface area contributed by atoms with Crippen LogP contribution >= 0.6 is 0 Å². The second kappa shape index (κ2) is 6.67. The number of benzene rings is 3. The van der Waals surface area contributed by atoms with Crippen LogP contribution in [-0.4, -0.2) is 25.0 Å². The lowest BCUT2D eigenvalue weighted by atomic mass is 10.0. The second-order valence-corrected chi connectivity index (χ2v) is 7.70. The van der Waals surface area contributed by atoms with Crippen LogP contribution in [0, 0.1) is 5.82 Å². The summed E-state index contributed by atoms with van der Waals surface area (Å²) in [6.07, 6.45) is 3.85. The van der Waals surface area contributed by atoms with Gasteiger partial charge in [-0.15, -0.1) is 0 Å². The Bertz CT molecular complexity index is 1570. The highest BCUT2D eigenvalue weighted by Crippen LogP contribution is 2.35. The van der Waals surface area contributed by atoms with Crippen molar-refractivity contribution in [3.8, 4) is 33.6 Å². The minimum absolute atomic E-state index is 0.244. The van der Waals surface area contributed by atoms with Crippen molar-refractivity contribution in [2.75, 3.05) is 0 Å². The molecule has 2 N–H and O–H groups in total. The Morgan fingerprint density at radius 2 is 1.74 bits per heavy atom. The molecule has 0 saturated heterocycles. The summed E-state index contributed by atoms with van der Waals surface area (Å²) < 4.78 is 15.6. The highest BCUT2D eigenvalue weighted by molar-refractivity contribution is 6.01. The lowest BCUT2D eigenvalue weighted by molar-refractivity contribution is 0.628. The molecule has 0 amide bonds. The van der Waals surface area contributed by atoms with Gasteiger partial charge >= 0.3 is 0 Å². The maximum atomic E-state index is 13.8. The molecule has 0 aliphatic carbocycles. The molecule has 31 heavy (non-hydrogen) atoms. The molecule has 0 aliphatic rings. The number of aromatic nitrogens is 5. The number of nitrogens with one attached hydrogen (secondary N) is 2. The van der Waals surface area contributed by atoms with Gasteiger partial charge in [-0.2, -0.15) is 10.2 Å². The topological polar surface area (TPSA) is 62.3 Å². The average Bonchev–Trinajstić information content (AvgIpc) is 3.50. The number of aryl methyl sites for hydroxylation is 1. The molecule has 6 heteroatoms. The molecule has 0 radical (unpaired) electrons. The van der Waals surface area contributed by atoms with Crippen LogP contribution in [0.1, 0.15) is 0 Å². The van der Waals surface area contributed by atoms with E-state index in [0.29, 0.717) is 0 Å². The molecule has 3 aromatic carbocycles. The number of aromatic amines is 2. The Labute approximate surface area is 177 Å². The van der Waals surface area contributed by atoms with E-state index >= 15 is 0 Å². The van der Waals surface area contributed by atoms with Gasteiger partial charge in [0, 0.05) is 35.1 Å². The summed E-state index contributed by atoms with van der Waals surface area (Å²) in [4.78, 5) is 3.49. The van der Waals surface area contributed by atoms with Gasteiger partial charge in [0.1, 0.15) is 11.5 Å². The molecule has 6 aromatic rings. The molecule has 3 aromatic heterocycles. The quantitative estimate of drug-likeness (QED) is 0.383. The summed E-state index contributed by atoms with van der Waals surface area (Å²) >= 11 is 0. The molecule has 0 bridgehead atoms. The number of halogens is 1. The molecule has 0 fully saturated rings. The van der Waals surface area contributed by atoms with Crippen molar-refractivity contribution in [1.29, 1.82) is 0 Å². The smallest absolute Gasteiger partial charge is 0.123 e. The van der Waals surface area contributed by atoms with E-state index in [1.807, 2.05) is 49.8 Å². The molecule has 3 heterocycles. The zero-order valence-electron chi connectivity index (χ0n) is 16.7. The van der Waals surface area contributed by atoms with Gasteiger partial charge in [-0.25, -0.2) is 4.39 Å². The summed E-state index contributed by atoms with van der Waals surface area (Å²) in [6.45, 7) is 0. The van der Waals surface area contributed by atoms with Crippen molar-refractivity contribution >= 4 is 21.8 Å². The summed E-state index contributed by atoms with van der Waals surface area (Å²) in [6, 6.07) is 21.0. The standard InChI is InChI=1S/C25H18FN5/c1-31-14-17(13-27-31)15-8-9-23-21(11-15)25(30-29-23)24-12-20-19(6-3-7-22(20)28-24)16-4-2-5-18(26)10-16/h2-14,28H,1H3,(H,29,30).